The minimum Gasteiger partial charge on any atom is -0.471 e. The lowest BCUT2D eigenvalue weighted by atomic mass is 10.3. The van der Waals surface area contributed by atoms with Crippen molar-refractivity contribution in [2.75, 3.05) is 18.5 Å². The van der Waals surface area contributed by atoms with Crippen LogP contribution in [-0.2, 0) is 0 Å². The normalized spacial score (nSPS) is 12.3. The Kier molecular flexibility index (Phi) is 4.25. The lowest BCUT2D eigenvalue weighted by Gasteiger charge is -2.19. The molecule has 0 saturated heterocycles. The van der Waals surface area contributed by atoms with Gasteiger partial charge in [-0.2, -0.15) is 22.0 Å². The molecule has 1 heterocycles. The lowest BCUT2D eigenvalue weighted by molar-refractivity contribution is -0.290. The van der Waals surface area contributed by atoms with E-state index in [1.165, 1.54) is 0 Å². The van der Waals surface area contributed by atoms with Crippen LogP contribution in [0.15, 0.2) is 12.4 Å². The van der Waals surface area contributed by atoms with Crippen LogP contribution >= 0.6 is 0 Å². The molecule has 0 amide bonds. The molecule has 0 unspecified atom stereocenters. The van der Waals surface area contributed by atoms with Gasteiger partial charge in [-0.15, -0.1) is 0 Å². The van der Waals surface area contributed by atoms with Gasteiger partial charge in [-0.3, -0.25) is 0 Å². The van der Waals surface area contributed by atoms with Crippen LogP contribution in [0.3, 0.4) is 0 Å². The molecule has 0 radical (unpaired) electrons. The van der Waals surface area contributed by atoms with Crippen LogP contribution < -0.4 is 10.1 Å². The second kappa shape index (κ2) is 5.32. The van der Waals surface area contributed by atoms with Gasteiger partial charge >= 0.3 is 12.1 Å². The van der Waals surface area contributed by atoms with E-state index in [-0.39, 0.29) is 11.7 Å². The number of halogens is 5. The van der Waals surface area contributed by atoms with Crippen molar-refractivity contribution in [2.24, 2.45) is 0 Å². The maximum Gasteiger partial charge on any atom is 0.456 e. The Bertz CT molecular complexity index is 396. The monoisotopic (exact) mass is 271 g/mol. The Balaban J connectivity index is 2.66. The Morgan fingerprint density at radius 2 is 1.89 bits per heavy atom. The highest BCUT2D eigenvalue weighted by Crippen LogP contribution is 2.35. The summed E-state index contributed by atoms with van der Waals surface area (Å²) in [5, 5.41) is 2.73. The van der Waals surface area contributed by atoms with Gasteiger partial charge in [-0.25, -0.2) is 9.97 Å². The SMILES string of the molecule is CCNc1cc(OCC(F)(F)C(F)(F)F)ncn1. The number of aromatic nitrogens is 2. The quantitative estimate of drug-likeness (QED) is 0.836. The van der Waals surface area contributed by atoms with E-state index in [4.69, 9.17) is 0 Å². The molecule has 0 aliphatic rings. The summed E-state index contributed by atoms with van der Waals surface area (Å²) in [6, 6.07) is 1.13. The van der Waals surface area contributed by atoms with Crippen molar-refractivity contribution >= 4 is 5.82 Å². The zero-order chi connectivity index (χ0) is 13.8. The Labute approximate surface area is 99.2 Å². The van der Waals surface area contributed by atoms with E-state index in [0.717, 1.165) is 12.4 Å². The van der Waals surface area contributed by atoms with E-state index in [1.807, 2.05) is 0 Å². The fourth-order valence-electron chi connectivity index (χ4n) is 0.943. The number of anilines is 1. The van der Waals surface area contributed by atoms with Gasteiger partial charge in [0.25, 0.3) is 0 Å². The maximum atomic E-state index is 12.6. The van der Waals surface area contributed by atoms with Gasteiger partial charge < -0.3 is 10.1 Å². The van der Waals surface area contributed by atoms with Crippen LogP contribution in [-0.4, -0.2) is 35.2 Å². The largest absolute Gasteiger partial charge is 0.471 e. The van der Waals surface area contributed by atoms with Crippen molar-refractivity contribution in [2.45, 2.75) is 19.0 Å². The van der Waals surface area contributed by atoms with Crippen LogP contribution in [0.1, 0.15) is 6.92 Å². The van der Waals surface area contributed by atoms with E-state index < -0.39 is 18.7 Å². The van der Waals surface area contributed by atoms with E-state index in [1.54, 1.807) is 6.92 Å². The van der Waals surface area contributed by atoms with Gasteiger partial charge in [0.15, 0.2) is 6.61 Å². The smallest absolute Gasteiger partial charge is 0.456 e. The molecular weight excluding hydrogens is 261 g/mol. The molecule has 1 N–H and O–H groups in total. The second-order valence-corrected chi connectivity index (χ2v) is 3.26. The van der Waals surface area contributed by atoms with Crippen LogP contribution in [0, 0.1) is 0 Å². The van der Waals surface area contributed by atoms with Gasteiger partial charge in [0.1, 0.15) is 12.1 Å². The summed E-state index contributed by atoms with van der Waals surface area (Å²) in [4.78, 5) is 7.14. The van der Waals surface area contributed by atoms with Crippen molar-refractivity contribution < 1.29 is 26.7 Å². The lowest BCUT2D eigenvalue weighted by Crippen LogP contribution is -2.41. The molecule has 1 rings (SSSR count). The highest BCUT2D eigenvalue weighted by atomic mass is 19.4. The first-order valence-corrected chi connectivity index (χ1v) is 4.89. The van der Waals surface area contributed by atoms with Gasteiger partial charge in [0, 0.05) is 12.6 Å². The molecule has 102 valence electrons. The van der Waals surface area contributed by atoms with Crippen molar-refractivity contribution in [1.82, 2.24) is 9.97 Å². The third-order valence-corrected chi connectivity index (χ3v) is 1.82. The zero-order valence-electron chi connectivity index (χ0n) is 9.26. The van der Waals surface area contributed by atoms with Crippen LogP contribution in [0.25, 0.3) is 0 Å². The third kappa shape index (κ3) is 3.67. The minimum absolute atomic E-state index is 0.276. The van der Waals surface area contributed by atoms with Gasteiger partial charge in [0.2, 0.25) is 5.88 Å². The number of hydrogen-bond acceptors (Lipinski definition) is 4. The summed E-state index contributed by atoms with van der Waals surface area (Å²) in [7, 11) is 0. The molecular formula is C9H10F5N3O. The predicted octanol–water partition coefficient (Wildman–Crippen LogP) is 2.48. The van der Waals surface area contributed by atoms with E-state index in [0.29, 0.717) is 6.54 Å². The van der Waals surface area contributed by atoms with Crippen LogP contribution in [0.4, 0.5) is 27.8 Å². The summed E-state index contributed by atoms with van der Waals surface area (Å²) in [5.74, 6) is -5.00. The van der Waals surface area contributed by atoms with Crippen molar-refractivity contribution in [3.8, 4) is 5.88 Å². The van der Waals surface area contributed by atoms with Crippen LogP contribution in [0.2, 0.25) is 0 Å². The molecule has 18 heavy (non-hydrogen) atoms. The Morgan fingerprint density at radius 3 is 2.44 bits per heavy atom. The van der Waals surface area contributed by atoms with E-state index in [9.17, 15) is 22.0 Å². The number of rotatable bonds is 5. The standard InChI is InChI=1S/C9H10F5N3O/c1-2-15-6-3-7(17-5-16-6)18-4-8(10,11)9(12,13)14/h3,5H,2,4H2,1H3,(H,15,16,17). The summed E-state index contributed by atoms with van der Waals surface area (Å²) in [6.07, 6.45) is -4.65. The van der Waals surface area contributed by atoms with E-state index in [2.05, 4.69) is 20.0 Å². The van der Waals surface area contributed by atoms with E-state index >= 15 is 0 Å². The average molecular weight is 271 g/mol. The number of nitrogens with one attached hydrogen (secondary N) is 1. The fourth-order valence-corrected chi connectivity index (χ4v) is 0.943. The minimum atomic E-state index is -5.65. The average Bonchev–Trinajstić information content (AvgIpc) is 2.26. The number of hydrogen-bond donors (Lipinski definition) is 1. The van der Waals surface area contributed by atoms with Crippen molar-refractivity contribution in [3.63, 3.8) is 0 Å². The van der Waals surface area contributed by atoms with Crippen molar-refractivity contribution in [3.05, 3.63) is 12.4 Å². The Morgan fingerprint density at radius 1 is 1.22 bits per heavy atom. The number of alkyl halides is 5. The third-order valence-electron chi connectivity index (χ3n) is 1.82. The maximum absolute atomic E-state index is 12.6. The molecule has 1 aromatic rings. The van der Waals surface area contributed by atoms with Crippen molar-refractivity contribution in [1.29, 1.82) is 0 Å². The first kappa shape index (κ1) is 14.4. The molecule has 0 aliphatic heterocycles. The Hall–Kier alpha value is -1.67. The number of ether oxygens (including phenoxy) is 1. The highest BCUT2D eigenvalue weighted by molar-refractivity contribution is 5.36. The summed E-state index contributed by atoms with van der Waals surface area (Å²) in [6.45, 7) is 0.453. The molecule has 0 bridgehead atoms. The molecule has 0 saturated carbocycles. The summed E-state index contributed by atoms with van der Waals surface area (Å²) in [5.41, 5.74) is 0. The zero-order valence-corrected chi connectivity index (χ0v) is 9.26. The molecule has 4 nitrogen and oxygen atoms in total. The predicted molar refractivity (Wildman–Crippen MR) is 52.7 cm³/mol. The second-order valence-electron chi connectivity index (χ2n) is 3.26. The molecule has 0 aromatic carbocycles. The van der Waals surface area contributed by atoms with Crippen LogP contribution in [0.5, 0.6) is 5.88 Å². The first-order chi connectivity index (χ1) is 8.26. The first-order valence-electron chi connectivity index (χ1n) is 4.89. The summed E-state index contributed by atoms with van der Waals surface area (Å²) >= 11 is 0. The molecule has 0 atom stereocenters. The van der Waals surface area contributed by atoms with Gasteiger partial charge in [-0.1, -0.05) is 0 Å². The molecule has 1 aromatic heterocycles. The molecule has 0 aliphatic carbocycles. The fraction of sp³-hybridized carbons (Fsp3) is 0.556. The van der Waals surface area contributed by atoms with Gasteiger partial charge in [0.05, 0.1) is 0 Å². The highest BCUT2D eigenvalue weighted by Gasteiger charge is 2.58. The molecule has 9 heteroatoms. The topological polar surface area (TPSA) is 47.0 Å². The molecule has 0 spiro atoms. The molecule has 0 fully saturated rings. The number of nitrogens with zero attached hydrogens (tertiary/aromatic N) is 2. The summed E-state index contributed by atoms with van der Waals surface area (Å²) < 4.78 is 65.0. The van der Waals surface area contributed by atoms with Gasteiger partial charge in [-0.05, 0) is 6.92 Å².